The molecule has 0 saturated heterocycles. The fourth-order valence-electron chi connectivity index (χ4n) is 1.54. The first-order valence-corrected chi connectivity index (χ1v) is 5.72. The van der Waals surface area contributed by atoms with E-state index in [2.05, 4.69) is 0 Å². The maximum atomic E-state index is 11.7. The highest BCUT2D eigenvalue weighted by Crippen LogP contribution is 2.04. The molecule has 3 nitrogen and oxygen atoms in total. The van der Waals surface area contributed by atoms with Gasteiger partial charge in [0.2, 0.25) is 5.91 Å². The van der Waals surface area contributed by atoms with Gasteiger partial charge in [0.15, 0.2) is 0 Å². The minimum Gasteiger partial charge on any atom is -0.346 e. The van der Waals surface area contributed by atoms with E-state index in [1.165, 1.54) is 5.56 Å². The van der Waals surface area contributed by atoms with Gasteiger partial charge in [-0.1, -0.05) is 30.3 Å². The van der Waals surface area contributed by atoms with Crippen LogP contribution in [0.5, 0.6) is 0 Å². The Hall–Kier alpha value is -1.35. The molecule has 2 N–H and O–H groups in total. The maximum Gasteiger partial charge on any atom is 0.222 e. The largest absolute Gasteiger partial charge is 0.346 e. The second kappa shape index (κ2) is 7.01. The van der Waals surface area contributed by atoms with Crippen molar-refractivity contribution in [1.82, 2.24) is 4.90 Å². The number of nitrogens with two attached hydrogens (primary N) is 1. The summed E-state index contributed by atoms with van der Waals surface area (Å²) in [7, 11) is 1.84. The van der Waals surface area contributed by atoms with Crippen LogP contribution in [0.15, 0.2) is 30.3 Å². The Morgan fingerprint density at radius 1 is 1.31 bits per heavy atom. The zero-order valence-electron chi connectivity index (χ0n) is 9.86. The highest BCUT2D eigenvalue weighted by molar-refractivity contribution is 5.76. The molecular weight excluding hydrogens is 200 g/mol. The van der Waals surface area contributed by atoms with Crippen molar-refractivity contribution in [2.45, 2.75) is 19.3 Å². The number of nitrogens with zero attached hydrogens (tertiary/aromatic N) is 1. The number of hydrogen-bond acceptors (Lipinski definition) is 2. The fourth-order valence-corrected chi connectivity index (χ4v) is 1.54. The summed E-state index contributed by atoms with van der Waals surface area (Å²) in [5.74, 6) is 0.192. The van der Waals surface area contributed by atoms with Gasteiger partial charge in [-0.15, -0.1) is 0 Å². The third-order valence-electron chi connectivity index (χ3n) is 2.59. The summed E-state index contributed by atoms with van der Waals surface area (Å²) in [5.41, 5.74) is 6.62. The zero-order chi connectivity index (χ0) is 11.8. The van der Waals surface area contributed by atoms with Crippen LogP contribution in [-0.4, -0.2) is 30.9 Å². The average molecular weight is 220 g/mol. The monoisotopic (exact) mass is 220 g/mol. The molecule has 0 bridgehead atoms. The molecule has 0 unspecified atom stereocenters. The van der Waals surface area contributed by atoms with Crippen LogP contribution in [-0.2, 0) is 11.2 Å². The first-order valence-electron chi connectivity index (χ1n) is 5.72. The van der Waals surface area contributed by atoms with E-state index in [-0.39, 0.29) is 5.91 Å². The molecule has 0 atom stereocenters. The van der Waals surface area contributed by atoms with Crippen LogP contribution in [0.1, 0.15) is 18.4 Å². The predicted octanol–water partition coefficient (Wildman–Crippen LogP) is 1.43. The molecule has 1 aromatic carbocycles. The molecule has 16 heavy (non-hydrogen) atoms. The molecule has 0 spiro atoms. The Balaban J connectivity index is 2.29. The van der Waals surface area contributed by atoms with Crippen molar-refractivity contribution in [2.75, 3.05) is 20.1 Å². The number of amides is 1. The molecule has 0 fully saturated rings. The van der Waals surface area contributed by atoms with E-state index in [1.54, 1.807) is 4.90 Å². The van der Waals surface area contributed by atoms with E-state index in [1.807, 2.05) is 37.4 Å². The van der Waals surface area contributed by atoms with E-state index in [0.717, 1.165) is 19.4 Å². The van der Waals surface area contributed by atoms with Gasteiger partial charge in [0, 0.05) is 20.0 Å². The normalized spacial score (nSPS) is 10.1. The van der Waals surface area contributed by atoms with E-state index in [4.69, 9.17) is 5.73 Å². The SMILES string of the molecule is CN(CCCN)C(=O)CCc1ccccc1. The lowest BCUT2D eigenvalue weighted by Gasteiger charge is -2.16. The van der Waals surface area contributed by atoms with Crippen LogP contribution in [0.2, 0.25) is 0 Å². The van der Waals surface area contributed by atoms with Gasteiger partial charge in [0.05, 0.1) is 0 Å². The minimum atomic E-state index is 0.192. The lowest BCUT2D eigenvalue weighted by atomic mass is 10.1. The third-order valence-corrected chi connectivity index (χ3v) is 2.59. The highest BCUT2D eigenvalue weighted by atomic mass is 16.2. The van der Waals surface area contributed by atoms with Crippen LogP contribution >= 0.6 is 0 Å². The van der Waals surface area contributed by atoms with Crippen molar-refractivity contribution in [3.05, 3.63) is 35.9 Å². The topological polar surface area (TPSA) is 46.3 Å². The van der Waals surface area contributed by atoms with Gasteiger partial charge >= 0.3 is 0 Å². The van der Waals surface area contributed by atoms with Crippen LogP contribution in [0.3, 0.4) is 0 Å². The van der Waals surface area contributed by atoms with Crippen molar-refractivity contribution in [3.63, 3.8) is 0 Å². The van der Waals surface area contributed by atoms with Gasteiger partial charge in [-0.05, 0) is 24.9 Å². The van der Waals surface area contributed by atoms with Crippen molar-refractivity contribution in [1.29, 1.82) is 0 Å². The van der Waals surface area contributed by atoms with Gasteiger partial charge in [-0.25, -0.2) is 0 Å². The first kappa shape index (κ1) is 12.7. The predicted molar refractivity (Wildman–Crippen MR) is 66.1 cm³/mol. The Morgan fingerprint density at radius 2 is 2.00 bits per heavy atom. The lowest BCUT2D eigenvalue weighted by Crippen LogP contribution is -2.29. The lowest BCUT2D eigenvalue weighted by molar-refractivity contribution is -0.129. The first-order chi connectivity index (χ1) is 7.74. The van der Waals surface area contributed by atoms with Crippen LogP contribution in [0, 0.1) is 0 Å². The maximum absolute atomic E-state index is 11.7. The molecule has 3 heteroatoms. The molecule has 0 aliphatic rings. The number of rotatable bonds is 6. The summed E-state index contributed by atoms with van der Waals surface area (Å²) < 4.78 is 0. The van der Waals surface area contributed by atoms with Crippen LogP contribution in [0.4, 0.5) is 0 Å². The number of hydrogen-bond donors (Lipinski definition) is 1. The molecule has 1 amide bonds. The summed E-state index contributed by atoms with van der Waals surface area (Å²) in [4.78, 5) is 13.5. The number of benzene rings is 1. The summed E-state index contributed by atoms with van der Waals surface area (Å²) in [6.45, 7) is 1.39. The Bertz CT molecular complexity index is 311. The molecule has 1 aromatic rings. The van der Waals surface area contributed by atoms with Crippen LogP contribution < -0.4 is 5.73 Å². The van der Waals surface area contributed by atoms with Gasteiger partial charge in [0.1, 0.15) is 0 Å². The van der Waals surface area contributed by atoms with Crippen molar-refractivity contribution >= 4 is 5.91 Å². The molecule has 0 aliphatic carbocycles. The van der Waals surface area contributed by atoms with E-state index in [9.17, 15) is 4.79 Å². The van der Waals surface area contributed by atoms with Gasteiger partial charge in [-0.3, -0.25) is 4.79 Å². The molecule has 0 heterocycles. The van der Waals surface area contributed by atoms with Crippen molar-refractivity contribution < 1.29 is 4.79 Å². The smallest absolute Gasteiger partial charge is 0.222 e. The summed E-state index contributed by atoms with van der Waals surface area (Å²) >= 11 is 0. The fraction of sp³-hybridized carbons (Fsp3) is 0.462. The molecule has 88 valence electrons. The minimum absolute atomic E-state index is 0.192. The average Bonchev–Trinajstić information content (AvgIpc) is 2.34. The second-order valence-corrected chi connectivity index (χ2v) is 3.94. The zero-order valence-corrected chi connectivity index (χ0v) is 9.86. The molecule has 0 aliphatic heterocycles. The summed E-state index contributed by atoms with van der Waals surface area (Å²) in [5, 5.41) is 0. The van der Waals surface area contributed by atoms with E-state index >= 15 is 0 Å². The quantitative estimate of drug-likeness (QED) is 0.788. The molecule has 0 saturated carbocycles. The number of aryl methyl sites for hydroxylation is 1. The third kappa shape index (κ3) is 4.45. The molecule has 1 rings (SSSR count). The molecule has 0 radical (unpaired) electrons. The summed E-state index contributed by atoms with van der Waals surface area (Å²) in [6.07, 6.45) is 2.26. The molecular formula is C13H20N2O. The Morgan fingerprint density at radius 3 is 2.62 bits per heavy atom. The molecule has 0 aromatic heterocycles. The van der Waals surface area contributed by atoms with Crippen LogP contribution in [0.25, 0.3) is 0 Å². The van der Waals surface area contributed by atoms with Gasteiger partial charge in [-0.2, -0.15) is 0 Å². The second-order valence-electron chi connectivity index (χ2n) is 3.94. The number of carbonyl (C=O) groups excluding carboxylic acids is 1. The van der Waals surface area contributed by atoms with Gasteiger partial charge in [0.25, 0.3) is 0 Å². The Kier molecular flexibility index (Phi) is 5.57. The van der Waals surface area contributed by atoms with E-state index < -0.39 is 0 Å². The Labute approximate surface area is 97.2 Å². The number of carbonyl (C=O) groups is 1. The van der Waals surface area contributed by atoms with Crippen molar-refractivity contribution in [2.24, 2.45) is 5.73 Å². The highest BCUT2D eigenvalue weighted by Gasteiger charge is 2.07. The van der Waals surface area contributed by atoms with E-state index in [0.29, 0.717) is 13.0 Å². The summed E-state index contributed by atoms with van der Waals surface area (Å²) in [6, 6.07) is 10.1. The van der Waals surface area contributed by atoms with Crippen molar-refractivity contribution in [3.8, 4) is 0 Å². The standard InChI is InChI=1S/C13H20N2O/c1-15(11-5-10-14)13(16)9-8-12-6-3-2-4-7-12/h2-4,6-7H,5,8-11,14H2,1H3. The van der Waals surface area contributed by atoms with Gasteiger partial charge < -0.3 is 10.6 Å².